The molecule has 0 radical (unpaired) electrons. The topological polar surface area (TPSA) is 128 Å². The molecule has 4 rings (SSSR count). The summed E-state index contributed by atoms with van der Waals surface area (Å²) >= 11 is 4.55. The summed E-state index contributed by atoms with van der Waals surface area (Å²) in [4.78, 5) is 27.8. The summed E-state index contributed by atoms with van der Waals surface area (Å²) in [6, 6.07) is 11.6. The number of methoxy groups -OCH3 is 1. The summed E-state index contributed by atoms with van der Waals surface area (Å²) in [5.41, 5.74) is 2.14. The Kier molecular flexibility index (Phi) is 5.97. The van der Waals surface area contributed by atoms with Gasteiger partial charge in [-0.25, -0.2) is 4.98 Å². The fourth-order valence-corrected chi connectivity index (χ4v) is 4.08. The van der Waals surface area contributed by atoms with Crippen molar-refractivity contribution in [3.05, 3.63) is 78.5 Å². The number of aryl methyl sites for hydroxylation is 1. The molecule has 2 aromatic heterocycles. The van der Waals surface area contributed by atoms with E-state index in [9.17, 15) is 14.9 Å². The lowest BCUT2D eigenvalue weighted by Crippen LogP contribution is -2.13. The summed E-state index contributed by atoms with van der Waals surface area (Å²) in [7, 11) is 1.60. The maximum Gasteiger partial charge on any atom is 0.301 e. The third-order valence-corrected chi connectivity index (χ3v) is 5.97. The second kappa shape index (κ2) is 8.85. The lowest BCUT2D eigenvalue weighted by Gasteiger charge is -2.00. The standard InChI is InChI=1S/C20H15BrN6O4S/c1-11-18(24-23-16-8-5-13(27(29)30)9-15(16)21)19(28)26(25-11)20-22-17(10-32-20)12-3-6-14(31-2)7-4-12/h3-10,25H,1-2H3. The molecule has 1 N–H and O–H groups in total. The zero-order valence-corrected chi connectivity index (χ0v) is 19.2. The van der Waals surface area contributed by atoms with Gasteiger partial charge in [0.15, 0.2) is 5.69 Å². The number of nitro benzene ring substituents is 1. The Morgan fingerprint density at radius 3 is 2.62 bits per heavy atom. The molecule has 10 nitrogen and oxygen atoms in total. The van der Waals surface area contributed by atoms with Gasteiger partial charge in [0.25, 0.3) is 5.69 Å². The first kappa shape index (κ1) is 21.6. The molecule has 2 heterocycles. The van der Waals surface area contributed by atoms with Crippen molar-refractivity contribution >= 4 is 44.3 Å². The number of rotatable bonds is 6. The number of aromatic amines is 1. The molecule has 0 fully saturated rings. The number of nitrogens with one attached hydrogen (secondary N) is 1. The highest BCUT2D eigenvalue weighted by Gasteiger charge is 2.16. The van der Waals surface area contributed by atoms with E-state index in [0.717, 1.165) is 17.0 Å². The smallest absolute Gasteiger partial charge is 0.301 e. The van der Waals surface area contributed by atoms with Crippen molar-refractivity contribution < 1.29 is 9.66 Å². The lowest BCUT2D eigenvalue weighted by molar-refractivity contribution is -0.384. The van der Waals surface area contributed by atoms with Crippen molar-refractivity contribution in [1.29, 1.82) is 0 Å². The van der Waals surface area contributed by atoms with Crippen LogP contribution in [0.3, 0.4) is 0 Å². The van der Waals surface area contributed by atoms with Gasteiger partial charge in [-0.2, -0.15) is 4.68 Å². The van der Waals surface area contributed by atoms with E-state index in [4.69, 9.17) is 4.74 Å². The molecule has 0 saturated carbocycles. The second-order valence-corrected chi connectivity index (χ2v) is 8.25. The summed E-state index contributed by atoms with van der Waals surface area (Å²) in [5, 5.41) is 24.3. The van der Waals surface area contributed by atoms with E-state index in [-0.39, 0.29) is 11.4 Å². The van der Waals surface area contributed by atoms with Gasteiger partial charge in [0, 0.05) is 23.1 Å². The third kappa shape index (κ3) is 4.22. The van der Waals surface area contributed by atoms with Gasteiger partial charge in [-0.3, -0.25) is 20.0 Å². The number of halogens is 1. The number of aromatic nitrogens is 3. The Hall–Kier alpha value is -3.64. The summed E-state index contributed by atoms with van der Waals surface area (Å²) in [5.74, 6) is 0.745. The minimum Gasteiger partial charge on any atom is -0.497 e. The number of azo groups is 1. The maximum atomic E-state index is 12.9. The van der Waals surface area contributed by atoms with E-state index in [2.05, 4.69) is 36.2 Å². The maximum absolute atomic E-state index is 12.9. The predicted molar refractivity (Wildman–Crippen MR) is 124 cm³/mol. The van der Waals surface area contributed by atoms with Crippen LogP contribution in [-0.2, 0) is 0 Å². The van der Waals surface area contributed by atoms with Gasteiger partial charge in [0.1, 0.15) is 11.4 Å². The minimum atomic E-state index is -0.505. The van der Waals surface area contributed by atoms with Crippen molar-refractivity contribution in [1.82, 2.24) is 14.8 Å². The molecule has 162 valence electrons. The van der Waals surface area contributed by atoms with Crippen molar-refractivity contribution in [2.24, 2.45) is 10.2 Å². The molecule has 0 aliphatic heterocycles. The van der Waals surface area contributed by atoms with E-state index < -0.39 is 10.5 Å². The lowest BCUT2D eigenvalue weighted by atomic mass is 10.2. The Morgan fingerprint density at radius 2 is 1.97 bits per heavy atom. The number of benzene rings is 2. The highest BCUT2D eigenvalue weighted by molar-refractivity contribution is 9.10. The molecule has 0 aliphatic rings. The average molecular weight is 515 g/mol. The van der Waals surface area contributed by atoms with Crippen LogP contribution in [0, 0.1) is 17.0 Å². The fourth-order valence-electron chi connectivity index (χ4n) is 2.85. The van der Waals surface area contributed by atoms with Crippen molar-refractivity contribution in [2.45, 2.75) is 6.92 Å². The van der Waals surface area contributed by atoms with Gasteiger partial charge < -0.3 is 4.74 Å². The highest BCUT2D eigenvalue weighted by Crippen LogP contribution is 2.31. The highest BCUT2D eigenvalue weighted by atomic mass is 79.9. The number of hydrogen-bond acceptors (Lipinski definition) is 8. The quantitative estimate of drug-likeness (QED) is 0.200. The average Bonchev–Trinajstić information content (AvgIpc) is 3.38. The molecule has 2 aromatic carbocycles. The summed E-state index contributed by atoms with van der Waals surface area (Å²) in [6.07, 6.45) is 0. The van der Waals surface area contributed by atoms with Gasteiger partial charge in [0.2, 0.25) is 5.13 Å². The first-order valence-electron chi connectivity index (χ1n) is 9.15. The molecule has 0 unspecified atom stereocenters. The molecule has 0 spiro atoms. The van der Waals surface area contributed by atoms with Gasteiger partial charge >= 0.3 is 5.56 Å². The van der Waals surface area contributed by atoms with Crippen LogP contribution in [0.5, 0.6) is 5.75 Å². The molecule has 32 heavy (non-hydrogen) atoms. The number of thiazole rings is 1. The first-order valence-corrected chi connectivity index (χ1v) is 10.8. The van der Waals surface area contributed by atoms with Gasteiger partial charge in [-0.05, 0) is 53.2 Å². The summed E-state index contributed by atoms with van der Waals surface area (Å²) < 4.78 is 6.88. The van der Waals surface area contributed by atoms with Crippen LogP contribution in [0.15, 0.2) is 67.3 Å². The van der Waals surface area contributed by atoms with E-state index >= 15 is 0 Å². The zero-order chi connectivity index (χ0) is 22.8. The molecule has 12 heteroatoms. The normalized spacial score (nSPS) is 11.2. The Morgan fingerprint density at radius 1 is 1.22 bits per heavy atom. The fraction of sp³-hybridized carbons (Fsp3) is 0.100. The second-order valence-electron chi connectivity index (χ2n) is 6.56. The molecule has 0 atom stereocenters. The number of H-pyrrole nitrogens is 1. The van der Waals surface area contributed by atoms with E-state index in [1.807, 2.05) is 29.6 Å². The van der Waals surface area contributed by atoms with Crippen molar-refractivity contribution in [2.75, 3.05) is 7.11 Å². The largest absolute Gasteiger partial charge is 0.497 e. The number of nitro groups is 1. The number of ether oxygens (including phenoxy) is 1. The van der Waals surface area contributed by atoms with Crippen LogP contribution >= 0.6 is 27.3 Å². The minimum absolute atomic E-state index is 0.0764. The molecule has 0 saturated heterocycles. The van der Waals surface area contributed by atoms with Gasteiger partial charge in [-0.1, -0.05) is 0 Å². The molecule has 4 aromatic rings. The van der Waals surface area contributed by atoms with Crippen molar-refractivity contribution in [3.8, 4) is 22.1 Å². The zero-order valence-electron chi connectivity index (χ0n) is 16.8. The van der Waals surface area contributed by atoms with E-state index in [1.54, 1.807) is 14.0 Å². The predicted octanol–water partition coefficient (Wildman–Crippen LogP) is 5.69. The molecular formula is C20H15BrN6O4S. The molecule has 0 aliphatic carbocycles. The van der Waals surface area contributed by atoms with Crippen LogP contribution in [-0.4, -0.2) is 26.8 Å². The molecular weight excluding hydrogens is 500 g/mol. The Labute approximate surface area is 193 Å². The SMILES string of the molecule is COc1ccc(-c2csc(-n3[nH]c(C)c(N=Nc4ccc([N+](=O)[O-])cc4Br)c3=O)n2)cc1. The van der Waals surface area contributed by atoms with E-state index in [1.165, 1.54) is 34.2 Å². The van der Waals surface area contributed by atoms with Crippen LogP contribution in [0.4, 0.5) is 17.1 Å². The number of non-ortho nitro benzene ring substituents is 1. The van der Waals surface area contributed by atoms with Gasteiger partial charge in [-0.15, -0.1) is 21.6 Å². The van der Waals surface area contributed by atoms with E-state index in [0.29, 0.717) is 21.0 Å². The van der Waals surface area contributed by atoms with Gasteiger partial charge in [0.05, 0.1) is 27.9 Å². The molecule has 0 amide bonds. The molecule has 0 bridgehead atoms. The number of hydrogen-bond donors (Lipinski definition) is 1. The van der Waals surface area contributed by atoms with Crippen molar-refractivity contribution in [3.63, 3.8) is 0 Å². The monoisotopic (exact) mass is 514 g/mol. The van der Waals surface area contributed by atoms with Crippen LogP contribution in [0.25, 0.3) is 16.4 Å². The van der Waals surface area contributed by atoms with Crippen LogP contribution < -0.4 is 10.3 Å². The van der Waals surface area contributed by atoms with Crippen LogP contribution in [0.1, 0.15) is 5.69 Å². The van der Waals surface area contributed by atoms with Crippen LogP contribution in [0.2, 0.25) is 0 Å². The summed E-state index contributed by atoms with van der Waals surface area (Å²) in [6.45, 7) is 1.70. The Bertz CT molecular complexity index is 1390. The number of nitrogens with zero attached hydrogens (tertiary/aromatic N) is 5. The first-order chi connectivity index (χ1) is 15.4. The Balaban J connectivity index is 1.62. The third-order valence-electron chi connectivity index (χ3n) is 4.51.